The van der Waals surface area contributed by atoms with E-state index in [1.807, 2.05) is 48.5 Å². The summed E-state index contributed by atoms with van der Waals surface area (Å²) in [6, 6.07) is 28.9. The third-order valence-electron chi connectivity index (χ3n) is 5.47. The van der Waals surface area contributed by atoms with Crippen molar-refractivity contribution in [3.8, 4) is 22.3 Å². The molecule has 0 aliphatic rings. The molecular formula is C26H22Cl2N2O2S. The second-order valence-electron chi connectivity index (χ2n) is 7.64. The molecule has 33 heavy (non-hydrogen) atoms. The van der Waals surface area contributed by atoms with E-state index in [1.165, 1.54) is 0 Å². The topological polar surface area (TPSA) is 86.2 Å². The predicted molar refractivity (Wildman–Crippen MR) is 139 cm³/mol. The summed E-state index contributed by atoms with van der Waals surface area (Å²) >= 11 is 12.8. The third-order valence-corrected chi connectivity index (χ3v) is 9.16. The van der Waals surface area contributed by atoms with Crippen LogP contribution in [0.2, 0.25) is 0 Å². The van der Waals surface area contributed by atoms with E-state index in [-0.39, 0.29) is 0 Å². The van der Waals surface area contributed by atoms with E-state index in [0.717, 1.165) is 22.3 Å². The van der Waals surface area contributed by atoms with Crippen molar-refractivity contribution in [2.24, 2.45) is 0 Å². The minimum Gasteiger partial charge on any atom is -0.398 e. The minimum atomic E-state index is -3.93. The van der Waals surface area contributed by atoms with Crippen molar-refractivity contribution in [3.05, 3.63) is 108 Å². The lowest BCUT2D eigenvalue weighted by molar-refractivity contribution is 0.591. The van der Waals surface area contributed by atoms with Gasteiger partial charge in [0.1, 0.15) is 0 Å². The molecule has 0 aromatic heterocycles. The molecule has 4 rings (SSSR count). The Labute approximate surface area is 203 Å². The van der Waals surface area contributed by atoms with E-state index in [9.17, 15) is 8.42 Å². The van der Waals surface area contributed by atoms with Gasteiger partial charge in [-0.3, -0.25) is 0 Å². The van der Waals surface area contributed by atoms with Gasteiger partial charge in [-0.2, -0.15) is 0 Å². The number of sulfone groups is 1. The summed E-state index contributed by atoms with van der Waals surface area (Å²) in [4.78, 5) is 0. The van der Waals surface area contributed by atoms with E-state index >= 15 is 0 Å². The van der Waals surface area contributed by atoms with Crippen molar-refractivity contribution in [2.75, 3.05) is 11.5 Å². The molecule has 0 saturated carbocycles. The Balaban J connectivity index is 1.56. The van der Waals surface area contributed by atoms with Crippen LogP contribution in [-0.4, -0.2) is 8.42 Å². The van der Waals surface area contributed by atoms with Gasteiger partial charge in [-0.15, -0.1) is 23.2 Å². The first-order valence-corrected chi connectivity index (χ1v) is 12.7. The zero-order valence-electron chi connectivity index (χ0n) is 17.5. The van der Waals surface area contributed by atoms with Crippen molar-refractivity contribution in [1.29, 1.82) is 0 Å². The number of para-hydroxylation sites is 2. The van der Waals surface area contributed by atoms with Crippen LogP contribution in [0.3, 0.4) is 0 Å². The highest BCUT2D eigenvalue weighted by molar-refractivity contribution is 7.94. The van der Waals surface area contributed by atoms with Gasteiger partial charge in [-0.25, -0.2) is 8.42 Å². The average molecular weight is 497 g/mol. The van der Waals surface area contributed by atoms with E-state index < -0.39 is 19.3 Å². The van der Waals surface area contributed by atoms with Gasteiger partial charge in [0.15, 0.2) is 19.3 Å². The third kappa shape index (κ3) is 4.71. The Morgan fingerprint density at radius 1 is 0.545 bits per heavy atom. The standard InChI is InChI=1S/C26H22Cl2N2O2S/c27-25(19-13-9-17(10-14-19)21-5-1-3-7-23(21)29)33(31,32)26(28)20-15-11-18(12-16-20)22-6-2-4-8-24(22)30/h1-16,25-26H,29-30H2. The summed E-state index contributed by atoms with van der Waals surface area (Å²) in [6.45, 7) is 0. The lowest BCUT2D eigenvalue weighted by atomic mass is 10.0. The summed E-state index contributed by atoms with van der Waals surface area (Å²) in [5.41, 5.74) is 17.7. The predicted octanol–water partition coefficient (Wildman–Crippen LogP) is 6.77. The second-order valence-corrected chi connectivity index (χ2v) is 11.2. The van der Waals surface area contributed by atoms with Gasteiger partial charge in [-0.1, -0.05) is 84.9 Å². The summed E-state index contributed by atoms with van der Waals surface area (Å²) in [5.74, 6) is 0. The van der Waals surface area contributed by atoms with Crippen LogP contribution in [-0.2, 0) is 9.84 Å². The fourth-order valence-corrected chi connectivity index (χ4v) is 5.98. The van der Waals surface area contributed by atoms with E-state index in [4.69, 9.17) is 34.7 Å². The van der Waals surface area contributed by atoms with Gasteiger partial charge in [0.2, 0.25) is 0 Å². The van der Waals surface area contributed by atoms with Crippen molar-refractivity contribution in [2.45, 2.75) is 9.42 Å². The fourth-order valence-electron chi connectivity index (χ4n) is 3.63. The molecule has 4 N–H and O–H groups in total. The van der Waals surface area contributed by atoms with Crippen molar-refractivity contribution in [3.63, 3.8) is 0 Å². The van der Waals surface area contributed by atoms with Crippen LogP contribution >= 0.6 is 23.2 Å². The Bertz CT molecular complexity index is 1270. The molecular weight excluding hydrogens is 475 g/mol. The molecule has 0 amide bonds. The maximum absolute atomic E-state index is 13.1. The van der Waals surface area contributed by atoms with E-state index in [1.54, 1.807) is 48.5 Å². The quantitative estimate of drug-likeness (QED) is 0.227. The van der Waals surface area contributed by atoms with E-state index in [2.05, 4.69) is 0 Å². The van der Waals surface area contributed by atoms with Gasteiger partial charge >= 0.3 is 0 Å². The fraction of sp³-hybridized carbons (Fsp3) is 0.0769. The molecule has 0 fully saturated rings. The van der Waals surface area contributed by atoms with Crippen LogP contribution in [0.5, 0.6) is 0 Å². The monoisotopic (exact) mass is 496 g/mol. The molecule has 4 nitrogen and oxygen atoms in total. The van der Waals surface area contributed by atoms with Crippen molar-refractivity contribution in [1.82, 2.24) is 0 Å². The normalized spacial score (nSPS) is 13.4. The molecule has 0 bridgehead atoms. The largest absolute Gasteiger partial charge is 0.398 e. The lowest BCUT2D eigenvalue weighted by Crippen LogP contribution is -2.14. The highest BCUT2D eigenvalue weighted by Gasteiger charge is 2.34. The molecule has 0 aliphatic carbocycles. The summed E-state index contributed by atoms with van der Waals surface area (Å²) in [6.07, 6.45) is 0. The number of nitrogens with two attached hydrogens (primary N) is 2. The molecule has 168 valence electrons. The first kappa shape index (κ1) is 23.2. The van der Waals surface area contributed by atoms with Crippen LogP contribution in [0.15, 0.2) is 97.1 Å². The molecule has 4 aromatic rings. The molecule has 7 heteroatoms. The van der Waals surface area contributed by atoms with Crippen LogP contribution in [0.1, 0.15) is 20.5 Å². The smallest absolute Gasteiger partial charge is 0.192 e. The average Bonchev–Trinajstić information content (AvgIpc) is 2.84. The summed E-state index contributed by atoms with van der Waals surface area (Å²) < 4.78 is 23.7. The number of hydrogen-bond donors (Lipinski definition) is 2. The number of alkyl halides is 2. The Kier molecular flexibility index (Phi) is 6.66. The van der Waals surface area contributed by atoms with Gasteiger partial charge in [-0.05, 0) is 34.4 Å². The zero-order chi connectivity index (χ0) is 23.6. The molecule has 0 heterocycles. The SMILES string of the molecule is Nc1ccccc1-c1ccc(C(Cl)S(=O)(=O)C(Cl)c2ccc(-c3ccccc3N)cc2)cc1. The number of rotatable bonds is 6. The maximum Gasteiger partial charge on any atom is 0.192 e. The van der Waals surface area contributed by atoms with Crippen molar-refractivity contribution < 1.29 is 8.42 Å². The van der Waals surface area contributed by atoms with Gasteiger partial charge < -0.3 is 11.5 Å². The van der Waals surface area contributed by atoms with E-state index in [0.29, 0.717) is 22.5 Å². The molecule has 2 unspecified atom stereocenters. The number of anilines is 2. The lowest BCUT2D eigenvalue weighted by Gasteiger charge is -2.17. The van der Waals surface area contributed by atoms with Gasteiger partial charge in [0.05, 0.1) is 0 Å². The van der Waals surface area contributed by atoms with Gasteiger partial charge in [0, 0.05) is 22.5 Å². The second kappa shape index (κ2) is 9.48. The molecule has 0 spiro atoms. The molecule has 2 atom stereocenters. The number of hydrogen-bond acceptors (Lipinski definition) is 4. The summed E-state index contributed by atoms with van der Waals surface area (Å²) in [5, 5.41) is 0. The number of nitrogen functional groups attached to an aromatic ring is 2. The zero-order valence-corrected chi connectivity index (χ0v) is 19.9. The highest BCUT2D eigenvalue weighted by atomic mass is 35.5. The Hall–Kier alpha value is -2.99. The highest BCUT2D eigenvalue weighted by Crippen LogP contribution is 2.40. The van der Waals surface area contributed by atoms with Crippen LogP contribution < -0.4 is 11.5 Å². The van der Waals surface area contributed by atoms with Gasteiger partial charge in [0.25, 0.3) is 0 Å². The Morgan fingerprint density at radius 2 is 0.879 bits per heavy atom. The maximum atomic E-state index is 13.1. The van der Waals surface area contributed by atoms with Crippen molar-refractivity contribution >= 4 is 44.4 Å². The first-order valence-electron chi connectivity index (χ1n) is 10.2. The van der Waals surface area contributed by atoms with Crippen LogP contribution in [0.25, 0.3) is 22.3 Å². The summed E-state index contributed by atoms with van der Waals surface area (Å²) in [7, 11) is -3.93. The molecule has 0 saturated heterocycles. The minimum absolute atomic E-state index is 0.439. The number of benzene rings is 4. The number of halogens is 2. The van der Waals surface area contributed by atoms with Crippen LogP contribution in [0.4, 0.5) is 11.4 Å². The molecule has 0 radical (unpaired) electrons. The molecule has 4 aromatic carbocycles. The van der Waals surface area contributed by atoms with Crippen LogP contribution in [0, 0.1) is 0 Å². The first-order chi connectivity index (χ1) is 15.8. The molecule has 0 aliphatic heterocycles. The Morgan fingerprint density at radius 3 is 1.21 bits per heavy atom.